The number of furan rings is 1. The van der Waals surface area contributed by atoms with E-state index in [0.717, 1.165) is 29.4 Å². The molecule has 0 fully saturated rings. The molecule has 0 radical (unpaired) electrons. The van der Waals surface area contributed by atoms with E-state index in [1.165, 1.54) is 38.5 Å². The molecule has 7 aromatic rings. The molecule has 0 amide bonds. The van der Waals surface area contributed by atoms with Crippen molar-refractivity contribution in [2.45, 2.75) is 26.9 Å². The van der Waals surface area contributed by atoms with Crippen molar-refractivity contribution in [1.29, 1.82) is 15.8 Å². The standard InChI is InChI=1S/C15H12N4O2.C11H10N4O2.C6H5FN2O2.C6H8O3.C3H2N2.CH2O3.2K.H/c1-2-18-14-9-11(19(20)21)5-6-12(14)13(10-16)15(18)17-7-3-4-8-17;1-2-14-10-5-7(15(16)17)3-4-8(10)9(6-12)11(14)13;7-5-2-1-4(9(10)11)3-6(5)8;1-7-5-3-4-6(8-2)9-5;1-5-3-2-4;2-1-4-3;;;/h3-9H,2H2,1H3;3-5H,2,13H2,1H3;1-3H,8H2;3-4H,1-2H3;3H2;1,3H;;;/q;;;;;;2*+1;-1/p-1. The van der Waals surface area contributed by atoms with Crippen LogP contribution < -0.4 is 129 Å². The Hall–Kier alpha value is -6.71. The molecule has 0 atom stereocenters. The molecular formula is C42H39FK2N12O12. The van der Waals surface area contributed by atoms with E-state index in [-0.39, 0.29) is 140 Å². The number of fused-ring (bicyclic) bond motifs is 2. The molecule has 0 aliphatic heterocycles. The predicted molar refractivity (Wildman–Crippen MR) is 236 cm³/mol. The molecule has 4 aromatic heterocycles. The van der Waals surface area contributed by atoms with Gasteiger partial charge in [0.2, 0.25) is 0 Å². The van der Waals surface area contributed by atoms with Crippen molar-refractivity contribution >= 4 is 56.8 Å². The quantitative estimate of drug-likeness (QED) is 0.0296. The fourth-order valence-electron chi connectivity index (χ4n) is 5.74. The first-order chi connectivity index (χ1) is 32.1. The number of carbonyl (C=O) groups excluding carboxylic acids is 1. The number of methoxy groups -OCH3 is 2. The van der Waals surface area contributed by atoms with Gasteiger partial charge in [0, 0.05) is 84.8 Å². The van der Waals surface area contributed by atoms with Crippen molar-refractivity contribution in [1.82, 2.24) is 13.7 Å². The third-order valence-electron chi connectivity index (χ3n) is 8.57. The van der Waals surface area contributed by atoms with Gasteiger partial charge in [-0.1, -0.05) is 0 Å². The molecule has 0 saturated carbocycles. The maximum atomic E-state index is 12.4. The average molecular weight is 1000 g/mol. The number of nitro benzene ring substituents is 3. The molecular weight excluding hydrogens is 962 g/mol. The summed E-state index contributed by atoms with van der Waals surface area (Å²) >= 11 is 0. The zero-order chi connectivity index (χ0) is 50.2. The van der Waals surface area contributed by atoms with E-state index in [1.54, 1.807) is 34.9 Å². The molecule has 348 valence electrons. The zero-order valence-electron chi connectivity index (χ0n) is 38.8. The molecule has 0 aliphatic rings. The number of nitrogens with two attached hydrogens (primary N) is 2. The minimum absolute atomic E-state index is 0. The van der Waals surface area contributed by atoms with Gasteiger partial charge in [-0.15, -0.1) is 0 Å². The molecule has 7 rings (SSSR count). The molecule has 69 heavy (non-hydrogen) atoms. The van der Waals surface area contributed by atoms with Gasteiger partial charge in [-0.25, -0.2) is 11.0 Å². The predicted octanol–water partition coefficient (Wildman–Crippen LogP) is 0.852. The van der Waals surface area contributed by atoms with Crippen LogP contribution in [-0.4, -0.2) is 55.7 Å². The van der Waals surface area contributed by atoms with E-state index in [2.05, 4.69) is 15.8 Å². The Morgan fingerprint density at radius 1 is 0.783 bits per heavy atom. The van der Waals surface area contributed by atoms with Gasteiger partial charge in [-0.05, 0) is 44.2 Å². The summed E-state index contributed by atoms with van der Waals surface area (Å²) in [6, 6.07) is 25.0. The average Bonchev–Trinajstić information content (AvgIpc) is 4.15. The van der Waals surface area contributed by atoms with Crippen LogP contribution in [0, 0.1) is 76.7 Å². The van der Waals surface area contributed by atoms with Gasteiger partial charge in [-0.2, -0.15) is 15.8 Å². The Balaban J connectivity index is 0. The summed E-state index contributed by atoms with van der Waals surface area (Å²) in [5.41, 5.74) is 12.7. The Kier molecular flexibility index (Phi) is 29.0. The molecule has 0 unspecified atom stereocenters. The maximum Gasteiger partial charge on any atom is 1.00 e. The van der Waals surface area contributed by atoms with Crippen molar-refractivity contribution in [3.8, 4) is 35.9 Å². The Morgan fingerprint density at radius 2 is 1.22 bits per heavy atom. The fraction of sp³-hybridized carbons (Fsp3) is 0.167. The first-order valence-corrected chi connectivity index (χ1v) is 18.7. The van der Waals surface area contributed by atoms with E-state index in [0.29, 0.717) is 58.3 Å². The Labute approximate surface area is 478 Å². The van der Waals surface area contributed by atoms with Crippen molar-refractivity contribution in [2.24, 2.45) is 0 Å². The summed E-state index contributed by atoms with van der Waals surface area (Å²) < 4.78 is 32.3. The maximum absolute atomic E-state index is 12.4. The van der Waals surface area contributed by atoms with Crippen molar-refractivity contribution in [3.63, 3.8) is 0 Å². The number of non-ortho nitro benzene ring substituents is 3. The molecule has 27 heteroatoms. The number of nitrogens with zero attached hydrogens (tertiary/aromatic N) is 10. The van der Waals surface area contributed by atoms with Gasteiger partial charge in [-0.3, -0.25) is 35.1 Å². The monoisotopic (exact) mass is 1000 g/mol. The molecule has 4 N–H and O–H groups in total. The number of halogens is 1. The van der Waals surface area contributed by atoms with Crippen LogP contribution in [0.25, 0.3) is 32.5 Å². The van der Waals surface area contributed by atoms with E-state index in [9.17, 15) is 40.0 Å². The molecule has 0 spiro atoms. The topological polar surface area (TPSA) is 353 Å². The summed E-state index contributed by atoms with van der Waals surface area (Å²) in [6.07, 6.45) is 3.71. The number of anilines is 2. The van der Waals surface area contributed by atoms with E-state index >= 15 is 0 Å². The van der Waals surface area contributed by atoms with Gasteiger partial charge < -0.3 is 55.5 Å². The van der Waals surface area contributed by atoms with Crippen LogP contribution in [0.4, 0.5) is 33.0 Å². The van der Waals surface area contributed by atoms with E-state index in [1.807, 2.05) is 53.6 Å². The van der Waals surface area contributed by atoms with Gasteiger partial charge in [0.1, 0.15) is 46.8 Å². The molecule has 0 bridgehead atoms. The minimum atomic E-state index is -0.643. The van der Waals surface area contributed by atoms with Crippen molar-refractivity contribution < 1.29 is 152 Å². The van der Waals surface area contributed by atoms with Crippen LogP contribution >= 0.6 is 0 Å². The van der Waals surface area contributed by atoms with Crippen LogP contribution in [0.1, 0.15) is 26.4 Å². The van der Waals surface area contributed by atoms with Crippen LogP contribution in [0.5, 0.6) is 11.9 Å². The van der Waals surface area contributed by atoms with Gasteiger partial charge in [0.15, 0.2) is 0 Å². The van der Waals surface area contributed by atoms with Crippen molar-refractivity contribution in [3.05, 3.63) is 150 Å². The second-order valence-electron chi connectivity index (χ2n) is 12.3. The number of hydrogen-bond donors (Lipinski definition) is 2. The van der Waals surface area contributed by atoms with Crippen LogP contribution in [0.2, 0.25) is 0 Å². The molecule has 4 heterocycles. The second kappa shape index (κ2) is 32.1. The first kappa shape index (κ1) is 62.3. The summed E-state index contributed by atoms with van der Waals surface area (Å²) in [6.45, 7) is 10.8. The summed E-state index contributed by atoms with van der Waals surface area (Å²) in [5.74, 6) is 1.38. The van der Waals surface area contributed by atoms with Crippen LogP contribution in [0.3, 0.4) is 0 Å². The zero-order valence-corrected chi connectivity index (χ0v) is 44.0. The van der Waals surface area contributed by atoms with Crippen LogP contribution in [-0.2, 0) is 22.8 Å². The summed E-state index contributed by atoms with van der Waals surface area (Å²) in [4.78, 5) is 44.2. The largest absolute Gasteiger partial charge is 1.00 e. The second-order valence-corrected chi connectivity index (χ2v) is 12.3. The number of carbonyl (C=O) groups is 1. The fourth-order valence-corrected chi connectivity index (χ4v) is 5.74. The smallest absolute Gasteiger partial charge is 1.00 e. The molecule has 24 nitrogen and oxygen atoms in total. The number of aromatic nitrogens is 3. The Morgan fingerprint density at radius 3 is 1.57 bits per heavy atom. The summed E-state index contributed by atoms with van der Waals surface area (Å²) in [5, 5.41) is 67.7. The van der Waals surface area contributed by atoms with Gasteiger partial charge in [0.05, 0.1) is 45.7 Å². The number of nitrogen functional groups attached to an aromatic ring is 2. The minimum Gasteiger partial charge on any atom is -1.00 e. The summed E-state index contributed by atoms with van der Waals surface area (Å²) in [7, 11) is 3.08. The third kappa shape index (κ3) is 17.4. The van der Waals surface area contributed by atoms with Gasteiger partial charge in [0.25, 0.3) is 42.0 Å². The number of benzene rings is 3. The van der Waals surface area contributed by atoms with E-state index < -0.39 is 20.6 Å². The number of nitriles is 3. The molecule has 0 aliphatic carbocycles. The number of rotatable bonds is 9. The third-order valence-corrected chi connectivity index (χ3v) is 8.57. The number of aryl methyl sites for hydroxylation is 2. The normalized spacial score (nSPS) is 9.13. The Bertz CT molecular complexity index is 2980. The van der Waals surface area contributed by atoms with Crippen molar-refractivity contribution in [2.75, 3.05) is 32.2 Å². The molecule has 3 aromatic carbocycles. The number of hydrogen-bond acceptors (Lipinski definition) is 17. The van der Waals surface area contributed by atoms with Crippen LogP contribution in [0.15, 0.2) is 95.7 Å². The molecule has 0 saturated heterocycles. The first-order valence-electron chi connectivity index (χ1n) is 18.7. The number of ether oxygens (including phenoxy) is 2. The van der Waals surface area contributed by atoms with E-state index in [4.69, 9.17) is 52.5 Å². The SMILES string of the molecule is CCn1c(-n2cccc2)c(C#N)c2ccc([N+](=O)[O-])cc21.CCn1c(N)c(C#N)c2ccc([N+](=O)[O-])cc21.COc1ccc(OC)o1.Nc1cc([N+](=O)[O-])ccc1F.O=CO[O-].[C-]#[N+]CC#N.[H-].[K+].[K+]. The van der Waals surface area contributed by atoms with Gasteiger partial charge >= 0.3 is 103 Å². The number of nitro groups is 3.